The molecule has 2 heterocycles. The van der Waals surface area contributed by atoms with E-state index in [0.717, 1.165) is 5.69 Å². The fraction of sp³-hybridized carbons (Fsp3) is 0.333. The Morgan fingerprint density at radius 3 is 3.14 bits per heavy atom. The Balaban J connectivity index is 2.18. The summed E-state index contributed by atoms with van der Waals surface area (Å²) in [6.45, 7) is 1.68. The van der Waals surface area contributed by atoms with Crippen LogP contribution in [0.4, 0.5) is 0 Å². The van der Waals surface area contributed by atoms with E-state index in [2.05, 4.69) is 15.1 Å². The first-order valence-electron chi connectivity index (χ1n) is 4.40. The molecule has 0 aliphatic rings. The number of aliphatic hydroxyl groups is 1. The second-order valence-electron chi connectivity index (χ2n) is 3.15. The van der Waals surface area contributed by atoms with Crippen LogP contribution in [0.25, 0.3) is 11.5 Å². The zero-order chi connectivity index (χ0) is 9.97. The Labute approximate surface area is 80.8 Å². The fourth-order valence-electron chi connectivity index (χ4n) is 1.17. The van der Waals surface area contributed by atoms with Crippen LogP contribution in [0.3, 0.4) is 0 Å². The molecule has 0 saturated heterocycles. The number of nitrogens with one attached hydrogen (secondary N) is 1. The molecule has 2 aromatic rings. The Bertz CT molecular complexity index is 392. The van der Waals surface area contributed by atoms with Gasteiger partial charge in [-0.3, -0.25) is 0 Å². The minimum atomic E-state index is -0.466. The molecule has 0 radical (unpaired) electrons. The van der Waals surface area contributed by atoms with Gasteiger partial charge in [0.2, 0.25) is 11.7 Å². The summed E-state index contributed by atoms with van der Waals surface area (Å²) in [5.74, 6) is 0.968. The minimum Gasteiger partial charge on any atom is -0.393 e. The molecule has 74 valence electrons. The summed E-state index contributed by atoms with van der Waals surface area (Å²) in [4.78, 5) is 7.10. The van der Waals surface area contributed by atoms with Crippen LogP contribution < -0.4 is 0 Å². The van der Waals surface area contributed by atoms with Crippen LogP contribution in [0.2, 0.25) is 0 Å². The van der Waals surface area contributed by atoms with Crippen LogP contribution in [-0.2, 0) is 6.42 Å². The van der Waals surface area contributed by atoms with E-state index in [-0.39, 0.29) is 0 Å². The highest BCUT2D eigenvalue weighted by atomic mass is 16.5. The molecule has 1 unspecified atom stereocenters. The van der Waals surface area contributed by atoms with Gasteiger partial charge in [-0.2, -0.15) is 4.98 Å². The smallest absolute Gasteiger partial charge is 0.229 e. The van der Waals surface area contributed by atoms with Gasteiger partial charge in [-0.1, -0.05) is 5.16 Å². The highest BCUT2D eigenvalue weighted by Crippen LogP contribution is 2.13. The molecule has 2 rings (SSSR count). The Hall–Kier alpha value is -1.62. The van der Waals surface area contributed by atoms with Crippen molar-refractivity contribution in [3.63, 3.8) is 0 Å². The van der Waals surface area contributed by atoms with Gasteiger partial charge >= 0.3 is 0 Å². The average molecular weight is 193 g/mol. The summed E-state index contributed by atoms with van der Waals surface area (Å²) >= 11 is 0. The summed E-state index contributed by atoms with van der Waals surface area (Å²) in [6, 6.07) is 3.72. The highest BCUT2D eigenvalue weighted by Gasteiger charge is 2.10. The molecule has 5 nitrogen and oxygen atoms in total. The largest absolute Gasteiger partial charge is 0.393 e. The highest BCUT2D eigenvalue weighted by molar-refractivity contribution is 5.47. The normalized spacial score (nSPS) is 13.0. The molecule has 2 aromatic heterocycles. The molecule has 0 spiro atoms. The molecule has 0 aliphatic carbocycles. The molecule has 2 N–H and O–H groups in total. The van der Waals surface area contributed by atoms with E-state index >= 15 is 0 Å². The van der Waals surface area contributed by atoms with Gasteiger partial charge < -0.3 is 14.6 Å². The Morgan fingerprint density at radius 1 is 1.64 bits per heavy atom. The molecular formula is C9H11N3O2. The van der Waals surface area contributed by atoms with Gasteiger partial charge in [-0.05, 0) is 19.1 Å². The molecule has 0 amide bonds. The van der Waals surface area contributed by atoms with Crippen LogP contribution in [0.1, 0.15) is 12.8 Å². The number of nitrogens with zero attached hydrogens (tertiary/aromatic N) is 2. The molecule has 0 fully saturated rings. The number of hydrogen-bond acceptors (Lipinski definition) is 4. The van der Waals surface area contributed by atoms with Crippen LogP contribution in [0.15, 0.2) is 22.9 Å². The third-order valence-corrected chi connectivity index (χ3v) is 1.78. The zero-order valence-corrected chi connectivity index (χ0v) is 7.77. The van der Waals surface area contributed by atoms with E-state index in [9.17, 15) is 0 Å². The lowest BCUT2D eigenvalue weighted by atomic mass is 10.3. The van der Waals surface area contributed by atoms with Gasteiger partial charge in [-0.15, -0.1) is 0 Å². The molecule has 5 heteroatoms. The van der Waals surface area contributed by atoms with Gasteiger partial charge in [0.1, 0.15) is 0 Å². The first-order chi connectivity index (χ1) is 6.75. The van der Waals surface area contributed by atoms with Crippen LogP contribution >= 0.6 is 0 Å². The van der Waals surface area contributed by atoms with E-state index in [1.54, 1.807) is 13.1 Å². The lowest BCUT2D eigenvalue weighted by molar-refractivity contribution is 0.181. The van der Waals surface area contributed by atoms with Crippen LogP contribution in [-0.4, -0.2) is 26.3 Å². The van der Waals surface area contributed by atoms with Crippen molar-refractivity contribution >= 4 is 0 Å². The van der Waals surface area contributed by atoms with Crippen molar-refractivity contribution in [1.29, 1.82) is 0 Å². The first kappa shape index (κ1) is 8.96. The number of aromatic amines is 1. The quantitative estimate of drug-likeness (QED) is 0.762. The summed E-state index contributed by atoms with van der Waals surface area (Å²) in [6.07, 6.45) is 1.71. The third-order valence-electron chi connectivity index (χ3n) is 1.78. The second-order valence-corrected chi connectivity index (χ2v) is 3.15. The van der Waals surface area contributed by atoms with Crippen molar-refractivity contribution in [1.82, 2.24) is 15.1 Å². The van der Waals surface area contributed by atoms with Gasteiger partial charge in [0.25, 0.3) is 0 Å². The maximum absolute atomic E-state index is 9.11. The van der Waals surface area contributed by atoms with Gasteiger partial charge in [0, 0.05) is 6.20 Å². The van der Waals surface area contributed by atoms with Crippen molar-refractivity contribution in [3.8, 4) is 11.5 Å². The summed E-state index contributed by atoms with van der Waals surface area (Å²) in [7, 11) is 0. The number of aromatic nitrogens is 3. The van der Waals surface area contributed by atoms with Crippen molar-refractivity contribution in [2.24, 2.45) is 0 Å². The zero-order valence-electron chi connectivity index (χ0n) is 7.77. The lowest BCUT2D eigenvalue weighted by Crippen LogP contribution is -2.04. The van der Waals surface area contributed by atoms with Crippen molar-refractivity contribution in [2.45, 2.75) is 19.4 Å². The molecule has 14 heavy (non-hydrogen) atoms. The van der Waals surface area contributed by atoms with Crippen LogP contribution in [0, 0.1) is 0 Å². The first-order valence-corrected chi connectivity index (χ1v) is 4.40. The fourth-order valence-corrected chi connectivity index (χ4v) is 1.17. The molecule has 1 atom stereocenters. The van der Waals surface area contributed by atoms with Gasteiger partial charge in [0.05, 0.1) is 18.2 Å². The standard InChI is InChI=1S/C9H11N3O2/c1-6(13)5-8-11-9(12-14-8)7-3-2-4-10-7/h2-4,6,10,13H,5H2,1H3. The summed E-state index contributed by atoms with van der Waals surface area (Å²) in [5, 5.41) is 12.9. The lowest BCUT2D eigenvalue weighted by Gasteiger charge is -1.95. The maximum atomic E-state index is 9.11. The van der Waals surface area contributed by atoms with E-state index in [1.807, 2.05) is 12.1 Å². The van der Waals surface area contributed by atoms with E-state index in [1.165, 1.54) is 0 Å². The van der Waals surface area contributed by atoms with E-state index in [4.69, 9.17) is 9.63 Å². The van der Waals surface area contributed by atoms with Gasteiger partial charge in [0.15, 0.2) is 0 Å². The molecule has 0 aliphatic heterocycles. The SMILES string of the molecule is CC(O)Cc1nc(-c2ccc[nH]2)no1. The molecule has 0 aromatic carbocycles. The summed E-state index contributed by atoms with van der Waals surface area (Å²) in [5.41, 5.74) is 0.811. The predicted octanol–water partition coefficient (Wildman–Crippen LogP) is 0.988. The van der Waals surface area contributed by atoms with Crippen LogP contribution in [0.5, 0.6) is 0 Å². The maximum Gasteiger partial charge on any atom is 0.229 e. The molecular weight excluding hydrogens is 182 g/mol. The Morgan fingerprint density at radius 2 is 2.50 bits per heavy atom. The van der Waals surface area contributed by atoms with Crippen molar-refractivity contribution in [2.75, 3.05) is 0 Å². The number of H-pyrrole nitrogens is 1. The topological polar surface area (TPSA) is 74.9 Å². The minimum absolute atomic E-state index is 0.383. The number of rotatable bonds is 3. The third kappa shape index (κ3) is 1.82. The second kappa shape index (κ2) is 3.63. The summed E-state index contributed by atoms with van der Waals surface area (Å²) < 4.78 is 4.96. The monoisotopic (exact) mass is 193 g/mol. The number of hydrogen-bond donors (Lipinski definition) is 2. The van der Waals surface area contributed by atoms with E-state index in [0.29, 0.717) is 18.1 Å². The van der Waals surface area contributed by atoms with Gasteiger partial charge in [-0.25, -0.2) is 0 Å². The van der Waals surface area contributed by atoms with Crippen molar-refractivity contribution in [3.05, 3.63) is 24.2 Å². The molecule has 0 saturated carbocycles. The van der Waals surface area contributed by atoms with Crippen molar-refractivity contribution < 1.29 is 9.63 Å². The predicted molar refractivity (Wildman–Crippen MR) is 49.5 cm³/mol. The number of aliphatic hydroxyl groups excluding tert-OH is 1. The molecule has 0 bridgehead atoms. The van der Waals surface area contributed by atoms with E-state index < -0.39 is 6.10 Å². The average Bonchev–Trinajstić information content (AvgIpc) is 2.69. The Kier molecular flexibility index (Phi) is 2.32.